The number of hydrogen-bond donors (Lipinski definition) is 1. The molecule has 0 saturated carbocycles. The van der Waals surface area contributed by atoms with E-state index in [0.29, 0.717) is 15.4 Å². The number of methoxy groups -OCH3 is 1. The first-order chi connectivity index (χ1) is 9.56. The van der Waals surface area contributed by atoms with Crippen molar-refractivity contribution in [1.82, 2.24) is 0 Å². The van der Waals surface area contributed by atoms with Crippen molar-refractivity contribution in [3.8, 4) is 0 Å². The fourth-order valence-electron chi connectivity index (χ4n) is 1.83. The van der Waals surface area contributed by atoms with Gasteiger partial charge < -0.3 is 10.1 Å². The van der Waals surface area contributed by atoms with Crippen molar-refractivity contribution < 1.29 is 14.3 Å². The van der Waals surface area contributed by atoms with Crippen LogP contribution < -0.4 is 5.32 Å². The van der Waals surface area contributed by atoms with Gasteiger partial charge in [-0.05, 0) is 36.4 Å². The molecule has 0 aliphatic heterocycles. The SMILES string of the molecule is CCc1cc(C(=O)Nc2ccsc2C(=O)OC)sc1C. The van der Waals surface area contributed by atoms with Gasteiger partial charge in [0.1, 0.15) is 4.88 Å². The predicted molar refractivity (Wildman–Crippen MR) is 82.0 cm³/mol. The molecule has 0 unspecified atom stereocenters. The fraction of sp³-hybridized carbons (Fsp3) is 0.286. The zero-order valence-electron chi connectivity index (χ0n) is 11.5. The molecule has 2 aromatic heterocycles. The Morgan fingerprint density at radius 1 is 1.40 bits per heavy atom. The van der Waals surface area contributed by atoms with E-state index in [1.807, 2.05) is 13.0 Å². The van der Waals surface area contributed by atoms with Crippen LogP contribution in [0.2, 0.25) is 0 Å². The molecule has 20 heavy (non-hydrogen) atoms. The standard InChI is InChI=1S/C14H15NO3S2/c1-4-9-7-11(20-8(9)2)13(16)15-10-5-6-19-12(10)14(17)18-3/h5-7H,4H2,1-3H3,(H,15,16). The fourth-order valence-corrected chi connectivity index (χ4v) is 3.60. The Hall–Kier alpha value is -1.66. The van der Waals surface area contributed by atoms with E-state index < -0.39 is 5.97 Å². The summed E-state index contributed by atoms with van der Waals surface area (Å²) in [7, 11) is 1.32. The van der Waals surface area contributed by atoms with Gasteiger partial charge in [-0.2, -0.15) is 0 Å². The van der Waals surface area contributed by atoms with Crippen molar-refractivity contribution >= 4 is 40.2 Å². The molecule has 0 aliphatic carbocycles. The summed E-state index contributed by atoms with van der Waals surface area (Å²) >= 11 is 2.71. The lowest BCUT2D eigenvalue weighted by Crippen LogP contribution is -2.12. The lowest BCUT2D eigenvalue weighted by atomic mass is 10.2. The second-order valence-electron chi connectivity index (χ2n) is 4.15. The molecule has 1 N–H and O–H groups in total. The molecule has 2 aromatic rings. The van der Waals surface area contributed by atoms with E-state index in [9.17, 15) is 9.59 Å². The summed E-state index contributed by atoms with van der Waals surface area (Å²) in [5, 5.41) is 4.52. The highest BCUT2D eigenvalue weighted by Crippen LogP contribution is 2.26. The van der Waals surface area contributed by atoms with Crippen LogP contribution in [-0.4, -0.2) is 19.0 Å². The van der Waals surface area contributed by atoms with Crippen LogP contribution >= 0.6 is 22.7 Å². The molecule has 4 nitrogen and oxygen atoms in total. The third-order valence-electron chi connectivity index (χ3n) is 2.91. The van der Waals surface area contributed by atoms with Crippen molar-refractivity contribution in [1.29, 1.82) is 0 Å². The van der Waals surface area contributed by atoms with Crippen LogP contribution in [0.25, 0.3) is 0 Å². The molecule has 0 atom stereocenters. The molecule has 2 heterocycles. The van der Waals surface area contributed by atoms with E-state index in [4.69, 9.17) is 0 Å². The van der Waals surface area contributed by atoms with Crippen LogP contribution in [0.5, 0.6) is 0 Å². The molecule has 0 saturated heterocycles. The average molecular weight is 309 g/mol. The number of amides is 1. The zero-order valence-corrected chi connectivity index (χ0v) is 13.1. The Balaban J connectivity index is 2.19. The molecule has 2 rings (SSSR count). The van der Waals surface area contributed by atoms with E-state index in [1.165, 1.54) is 35.3 Å². The lowest BCUT2D eigenvalue weighted by Gasteiger charge is -2.03. The highest BCUT2D eigenvalue weighted by atomic mass is 32.1. The van der Waals surface area contributed by atoms with Crippen molar-refractivity contribution in [2.24, 2.45) is 0 Å². The van der Waals surface area contributed by atoms with Crippen LogP contribution in [0.4, 0.5) is 5.69 Å². The summed E-state index contributed by atoms with van der Waals surface area (Å²) in [4.78, 5) is 26.0. The third kappa shape index (κ3) is 2.91. The van der Waals surface area contributed by atoms with Crippen LogP contribution in [-0.2, 0) is 11.2 Å². The minimum Gasteiger partial charge on any atom is -0.465 e. The average Bonchev–Trinajstić information content (AvgIpc) is 3.04. The first kappa shape index (κ1) is 14.7. The van der Waals surface area contributed by atoms with Gasteiger partial charge in [-0.3, -0.25) is 4.79 Å². The van der Waals surface area contributed by atoms with E-state index >= 15 is 0 Å². The summed E-state index contributed by atoms with van der Waals surface area (Å²) in [6, 6.07) is 3.61. The highest BCUT2D eigenvalue weighted by molar-refractivity contribution is 7.14. The number of carbonyl (C=O) groups is 2. The number of rotatable bonds is 4. The molecule has 106 valence electrons. The second-order valence-corrected chi connectivity index (χ2v) is 6.33. The number of hydrogen-bond acceptors (Lipinski definition) is 5. The number of thiophene rings is 2. The number of ether oxygens (including phenoxy) is 1. The van der Waals surface area contributed by atoms with Gasteiger partial charge in [0.25, 0.3) is 5.91 Å². The van der Waals surface area contributed by atoms with Gasteiger partial charge in [-0.15, -0.1) is 22.7 Å². The minimum absolute atomic E-state index is 0.193. The molecule has 0 radical (unpaired) electrons. The van der Waals surface area contributed by atoms with Gasteiger partial charge in [0.2, 0.25) is 0 Å². The summed E-state index contributed by atoms with van der Waals surface area (Å²) in [6.07, 6.45) is 0.904. The maximum atomic E-state index is 12.2. The summed E-state index contributed by atoms with van der Waals surface area (Å²) in [5.74, 6) is -0.631. The van der Waals surface area contributed by atoms with Crippen molar-refractivity contribution in [3.05, 3.63) is 37.7 Å². The normalized spacial score (nSPS) is 10.3. The third-order valence-corrected chi connectivity index (χ3v) is 4.90. The van der Waals surface area contributed by atoms with Crippen molar-refractivity contribution in [2.45, 2.75) is 20.3 Å². The number of nitrogens with one attached hydrogen (secondary N) is 1. The molecule has 6 heteroatoms. The molecule has 0 spiro atoms. The summed E-state index contributed by atoms with van der Waals surface area (Å²) in [5.41, 5.74) is 1.68. The highest BCUT2D eigenvalue weighted by Gasteiger charge is 2.17. The zero-order chi connectivity index (χ0) is 14.7. The van der Waals surface area contributed by atoms with Gasteiger partial charge in [-0.1, -0.05) is 6.92 Å². The molecule has 1 amide bonds. The van der Waals surface area contributed by atoms with E-state index in [0.717, 1.165) is 11.3 Å². The van der Waals surface area contributed by atoms with Gasteiger partial charge in [0, 0.05) is 4.88 Å². The Bertz CT molecular complexity index is 643. The quantitative estimate of drug-likeness (QED) is 0.876. The maximum absolute atomic E-state index is 12.2. The van der Waals surface area contributed by atoms with Crippen molar-refractivity contribution in [2.75, 3.05) is 12.4 Å². The Morgan fingerprint density at radius 3 is 2.75 bits per heavy atom. The topological polar surface area (TPSA) is 55.4 Å². The Morgan fingerprint density at radius 2 is 2.15 bits per heavy atom. The van der Waals surface area contributed by atoms with Crippen LogP contribution in [0.1, 0.15) is 36.7 Å². The second kappa shape index (κ2) is 6.19. The van der Waals surface area contributed by atoms with Gasteiger partial charge in [0.15, 0.2) is 0 Å². The van der Waals surface area contributed by atoms with Crippen molar-refractivity contribution in [3.63, 3.8) is 0 Å². The number of anilines is 1. The number of esters is 1. The smallest absolute Gasteiger partial charge is 0.350 e. The Labute approximate surface area is 125 Å². The number of aryl methyl sites for hydroxylation is 2. The van der Waals surface area contributed by atoms with Crippen LogP contribution in [0.15, 0.2) is 17.5 Å². The molecular weight excluding hydrogens is 294 g/mol. The lowest BCUT2D eigenvalue weighted by molar-refractivity contribution is 0.0607. The maximum Gasteiger partial charge on any atom is 0.350 e. The molecule has 0 fully saturated rings. The predicted octanol–water partition coefficient (Wildman–Crippen LogP) is 3.72. The monoisotopic (exact) mass is 309 g/mol. The molecule has 0 aliphatic rings. The van der Waals surface area contributed by atoms with E-state index in [1.54, 1.807) is 11.4 Å². The van der Waals surface area contributed by atoms with Crippen LogP contribution in [0, 0.1) is 6.92 Å². The van der Waals surface area contributed by atoms with Gasteiger partial charge >= 0.3 is 5.97 Å². The Kier molecular flexibility index (Phi) is 4.57. The number of carbonyl (C=O) groups excluding carboxylic acids is 2. The molecular formula is C14H15NO3S2. The summed E-state index contributed by atoms with van der Waals surface area (Å²) in [6.45, 7) is 4.07. The minimum atomic E-state index is -0.438. The first-order valence-corrected chi connectivity index (χ1v) is 7.82. The van der Waals surface area contributed by atoms with E-state index in [-0.39, 0.29) is 5.91 Å². The van der Waals surface area contributed by atoms with E-state index in [2.05, 4.69) is 17.0 Å². The molecule has 0 bridgehead atoms. The van der Waals surface area contributed by atoms with Crippen LogP contribution in [0.3, 0.4) is 0 Å². The van der Waals surface area contributed by atoms with Gasteiger partial charge in [0.05, 0.1) is 17.7 Å². The first-order valence-electron chi connectivity index (χ1n) is 6.13. The van der Waals surface area contributed by atoms with Gasteiger partial charge in [-0.25, -0.2) is 4.79 Å². The molecule has 0 aromatic carbocycles. The largest absolute Gasteiger partial charge is 0.465 e. The summed E-state index contributed by atoms with van der Waals surface area (Å²) < 4.78 is 4.69.